The Morgan fingerprint density at radius 1 is 1.27 bits per heavy atom. The van der Waals surface area contributed by atoms with Crippen LogP contribution in [0.4, 0.5) is 0 Å². The fraction of sp³-hybridized carbons (Fsp3) is 0.312. The van der Waals surface area contributed by atoms with Gasteiger partial charge in [-0.2, -0.15) is 0 Å². The molecule has 1 aromatic heterocycles. The van der Waals surface area contributed by atoms with Gasteiger partial charge in [0.05, 0.1) is 32.8 Å². The highest BCUT2D eigenvalue weighted by atomic mass is 32.2. The number of nitrogens with zero attached hydrogens (tertiary/aromatic N) is 1. The third-order valence-corrected chi connectivity index (χ3v) is 4.81. The summed E-state index contributed by atoms with van der Waals surface area (Å²) >= 11 is 1.58. The largest absolute Gasteiger partial charge is 0.493 e. The number of hydrogen-bond acceptors (Lipinski definition) is 5. The molecule has 3 rings (SSSR count). The Labute approximate surface area is 133 Å². The molecule has 6 heteroatoms. The van der Waals surface area contributed by atoms with Gasteiger partial charge in [0.15, 0.2) is 11.5 Å². The molecule has 0 saturated carbocycles. The highest BCUT2D eigenvalue weighted by molar-refractivity contribution is 8.00. The van der Waals surface area contributed by atoms with Gasteiger partial charge in [0, 0.05) is 5.56 Å². The molecule has 5 nitrogen and oxygen atoms in total. The van der Waals surface area contributed by atoms with E-state index in [0.29, 0.717) is 23.8 Å². The second-order valence-corrected chi connectivity index (χ2v) is 5.92. The second-order valence-electron chi connectivity index (χ2n) is 4.85. The summed E-state index contributed by atoms with van der Waals surface area (Å²) in [5.74, 6) is 2.64. The first kappa shape index (κ1) is 14.8. The zero-order valence-corrected chi connectivity index (χ0v) is 13.3. The van der Waals surface area contributed by atoms with Gasteiger partial charge in [0.2, 0.25) is 5.91 Å². The minimum absolute atomic E-state index is 0.0938. The van der Waals surface area contributed by atoms with Gasteiger partial charge in [-0.15, -0.1) is 11.8 Å². The van der Waals surface area contributed by atoms with Gasteiger partial charge in [-0.3, -0.25) is 4.79 Å². The van der Waals surface area contributed by atoms with Crippen LogP contribution in [0.15, 0.2) is 41.0 Å². The average Bonchev–Trinajstić information content (AvgIpc) is 3.18. The van der Waals surface area contributed by atoms with Crippen molar-refractivity contribution in [2.75, 3.05) is 20.0 Å². The van der Waals surface area contributed by atoms with E-state index in [-0.39, 0.29) is 11.3 Å². The Hall–Kier alpha value is -2.08. The summed E-state index contributed by atoms with van der Waals surface area (Å²) in [5, 5.41) is -0.109. The first-order valence-corrected chi connectivity index (χ1v) is 7.94. The Morgan fingerprint density at radius 3 is 2.82 bits per heavy atom. The normalized spacial score (nSPS) is 17.8. The third kappa shape index (κ3) is 2.66. The van der Waals surface area contributed by atoms with Crippen LogP contribution < -0.4 is 9.47 Å². The van der Waals surface area contributed by atoms with Crippen molar-refractivity contribution in [2.45, 2.75) is 11.9 Å². The number of rotatable bonds is 5. The molecule has 2 heterocycles. The number of amides is 1. The molecular weight excluding hydrogens is 302 g/mol. The Kier molecular flexibility index (Phi) is 4.29. The van der Waals surface area contributed by atoms with Crippen LogP contribution in [0.25, 0.3) is 0 Å². The molecule has 0 bridgehead atoms. The predicted molar refractivity (Wildman–Crippen MR) is 84.0 cm³/mol. The summed E-state index contributed by atoms with van der Waals surface area (Å²) in [7, 11) is 3.22. The molecule has 0 aliphatic carbocycles. The maximum Gasteiger partial charge on any atom is 0.234 e. The van der Waals surface area contributed by atoms with Crippen molar-refractivity contribution in [3.63, 3.8) is 0 Å². The first-order chi connectivity index (χ1) is 10.7. The second kappa shape index (κ2) is 6.36. The lowest BCUT2D eigenvalue weighted by atomic mass is 10.1. The summed E-state index contributed by atoms with van der Waals surface area (Å²) in [5.41, 5.74) is 0.934. The SMILES string of the molecule is COc1cccc(C2SCC(=O)N2Cc2ccco2)c1OC. The van der Waals surface area contributed by atoms with Crippen LogP contribution in [-0.4, -0.2) is 30.8 Å². The standard InChI is InChI=1S/C16H17NO4S/c1-19-13-7-3-6-12(15(13)20-2)16-17(14(18)10-22-16)9-11-5-4-8-21-11/h3-8,16H,9-10H2,1-2H3. The van der Waals surface area contributed by atoms with E-state index in [1.54, 1.807) is 37.1 Å². The summed E-state index contributed by atoms with van der Waals surface area (Å²) in [4.78, 5) is 14.0. The molecular formula is C16H17NO4S. The molecule has 1 atom stereocenters. The highest BCUT2D eigenvalue weighted by Crippen LogP contribution is 2.45. The monoisotopic (exact) mass is 319 g/mol. The van der Waals surface area contributed by atoms with Crippen LogP contribution >= 0.6 is 11.8 Å². The van der Waals surface area contributed by atoms with E-state index in [9.17, 15) is 4.79 Å². The number of carbonyl (C=O) groups excluding carboxylic acids is 1. The highest BCUT2D eigenvalue weighted by Gasteiger charge is 2.35. The summed E-state index contributed by atoms with van der Waals surface area (Å²) in [6, 6.07) is 9.42. The van der Waals surface area contributed by atoms with Crippen molar-refractivity contribution in [3.8, 4) is 11.5 Å². The maximum atomic E-state index is 12.2. The minimum Gasteiger partial charge on any atom is -0.493 e. The molecule has 0 N–H and O–H groups in total. The van der Waals surface area contributed by atoms with E-state index < -0.39 is 0 Å². The first-order valence-electron chi connectivity index (χ1n) is 6.89. The molecule has 0 spiro atoms. The van der Waals surface area contributed by atoms with Crippen molar-refractivity contribution in [1.82, 2.24) is 4.90 Å². The van der Waals surface area contributed by atoms with E-state index in [4.69, 9.17) is 13.9 Å². The van der Waals surface area contributed by atoms with Gasteiger partial charge in [0.1, 0.15) is 11.1 Å². The van der Waals surface area contributed by atoms with E-state index in [2.05, 4.69) is 0 Å². The summed E-state index contributed by atoms with van der Waals surface area (Å²) in [6.07, 6.45) is 1.62. The van der Waals surface area contributed by atoms with E-state index >= 15 is 0 Å². The van der Waals surface area contributed by atoms with Gasteiger partial charge in [-0.1, -0.05) is 12.1 Å². The van der Waals surface area contributed by atoms with Crippen LogP contribution in [0.2, 0.25) is 0 Å². The van der Waals surface area contributed by atoms with Gasteiger partial charge in [0.25, 0.3) is 0 Å². The third-order valence-electron chi connectivity index (χ3n) is 3.57. The van der Waals surface area contributed by atoms with Crippen molar-refractivity contribution < 1.29 is 18.7 Å². The smallest absolute Gasteiger partial charge is 0.234 e. The summed E-state index contributed by atoms with van der Waals surface area (Å²) < 4.78 is 16.2. The molecule has 116 valence electrons. The van der Waals surface area contributed by atoms with Crippen LogP contribution in [-0.2, 0) is 11.3 Å². The maximum absolute atomic E-state index is 12.2. The zero-order chi connectivity index (χ0) is 15.5. The van der Waals surface area contributed by atoms with Crippen molar-refractivity contribution in [2.24, 2.45) is 0 Å². The van der Waals surface area contributed by atoms with Crippen LogP contribution in [0.1, 0.15) is 16.7 Å². The average molecular weight is 319 g/mol. The quantitative estimate of drug-likeness (QED) is 0.848. The Morgan fingerprint density at radius 2 is 2.14 bits per heavy atom. The van der Waals surface area contributed by atoms with E-state index in [1.165, 1.54) is 0 Å². The van der Waals surface area contributed by atoms with Crippen molar-refractivity contribution in [1.29, 1.82) is 0 Å². The van der Waals surface area contributed by atoms with E-state index in [1.807, 2.05) is 30.3 Å². The van der Waals surface area contributed by atoms with Crippen LogP contribution in [0, 0.1) is 0 Å². The predicted octanol–water partition coefficient (Wildman–Crippen LogP) is 3.07. The zero-order valence-electron chi connectivity index (χ0n) is 12.4. The molecule has 22 heavy (non-hydrogen) atoms. The Balaban J connectivity index is 1.94. The van der Waals surface area contributed by atoms with Crippen LogP contribution in [0.5, 0.6) is 11.5 Å². The number of ether oxygens (including phenoxy) is 2. The number of benzene rings is 1. The molecule has 1 amide bonds. The molecule has 1 aliphatic heterocycles. The molecule has 1 fully saturated rings. The number of para-hydroxylation sites is 1. The molecule has 1 aliphatic rings. The number of methoxy groups -OCH3 is 2. The molecule has 2 aromatic rings. The van der Waals surface area contributed by atoms with Crippen molar-refractivity contribution in [3.05, 3.63) is 47.9 Å². The Bertz CT molecular complexity index is 656. The fourth-order valence-corrected chi connectivity index (χ4v) is 3.76. The molecule has 1 aromatic carbocycles. The molecule has 1 saturated heterocycles. The van der Waals surface area contributed by atoms with Gasteiger partial charge in [-0.05, 0) is 18.2 Å². The lowest BCUT2D eigenvalue weighted by molar-refractivity contribution is -0.128. The van der Waals surface area contributed by atoms with Crippen molar-refractivity contribution >= 4 is 17.7 Å². The van der Waals surface area contributed by atoms with Gasteiger partial charge < -0.3 is 18.8 Å². The number of hydrogen-bond donors (Lipinski definition) is 0. The molecule has 1 unspecified atom stereocenters. The molecule has 0 radical (unpaired) electrons. The fourth-order valence-electron chi connectivity index (χ4n) is 2.56. The van der Waals surface area contributed by atoms with E-state index in [0.717, 1.165) is 11.3 Å². The topological polar surface area (TPSA) is 51.9 Å². The lowest BCUT2D eigenvalue weighted by Gasteiger charge is -2.25. The lowest BCUT2D eigenvalue weighted by Crippen LogP contribution is -2.27. The van der Waals surface area contributed by atoms with Gasteiger partial charge >= 0.3 is 0 Å². The minimum atomic E-state index is -0.109. The number of thioether (sulfide) groups is 1. The van der Waals surface area contributed by atoms with Crippen LogP contribution in [0.3, 0.4) is 0 Å². The van der Waals surface area contributed by atoms with Gasteiger partial charge in [-0.25, -0.2) is 0 Å². The number of carbonyl (C=O) groups is 1. The number of furan rings is 1. The summed E-state index contributed by atoms with van der Waals surface area (Å²) in [6.45, 7) is 0.448.